The first-order valence-corrected chi connectivity index (χ1v) is 6.67. The summed E-state index contributed by atoms with van der Waals surface area (Å²) in [6.07, 6.45) is 1.27. The number of hydrazone groups is 1. The summed E-state index contributed by atoms with van der Waals surface area (Å²) >= 11 is 0. The summed E-state index contributed by atoms with van der Waals surface area (Å²) in [5, 5.41) is 31.2. The van der Waals surface area contributed by atoms with Crippen LogP contribution in [0.4, 0.5) is 5.95 Å². The van der Waals surface area contributed by atoms with Crippen molar-refractivity contribution < 1.29 is 14.8 Å². The molecule has 1 aromatic heterocycles. The van der Waals surface area contributed by atoms with Crippen LogP contribution in [0.25, 0.3) is 10.8 Å². The normalized spacial score (nSPS) is 11.0. The van der Waals surface area contributed by atoms with Crippen molar-refractivity contribution in [1.82, 2.24) is 20.6 Å². The Labute approximate surface area is 134 Å². The van der Waals surface area contributed by atoms with Gasteiger partial charge >= 0.3 is 17.7 Å². The lowest BCUT2D eigenvalue weighted by Gasteiger charge is -2.04. The predicted octanol–water partition coefficient (Wildman–Crippen LogP) is 1.34. The third-order valence-corrected chi connectivity index (χ3v) is 3.16. The number of phenols is 1. The van der Waals surface area contributed by atoms with Gasteiger partial charge in [-0.05, 0) is 26.7 Å². The van der Waals surface area contributed by atoms with E-state index in [4.69, 9.17) is 0 Å². The van der Waals surface area contributed by atoms with E-state index < -0.39 is 22.6 Å². The van der Waals surface area contributed by atoms with Crippen LogP contribution >= 0.6 is 0 Å². The molecule has 0 fully saturated rings. The summed E-state index contributed by atoms with van der Waals surface area (Å²) in [5.74, 6) is -1.88. The van der Waals surface area contributed by atoms with Gasteiger partial charge in [0.2, 0.25) is 0 Å². The van der Waals surface area contributed by atoms with E-state index in [1.165, 1.54) is 12.3 Å². The number of carbonyl (C=O) groups is 1. The molecule has 3 N–H and O–H groups in total. The van der Waals surface area contributed by atoms with E-state index in [9.17, 15) is 20.0 Å². The molecule has 10 heteroatoms. The van der Waals surface area contributed by atoms with Gasteiger partial charge in [-0.2, -0.15) is 5.10 Å². The van der Waals surface area contributed by atoms with E-state index >= 15 is 0 Å². The quantitative estimate of drug-likeness (QED) is 0.374. The fraction of sp³-hybridized carbons (Fsp3) is 0. The van der Waals surface area contributed by atoms with Gasteiger partial charge in [0.1, 0.15) is 5.75 Å². The van der Waals surface area contributed by atoms with Crippen molar-refractivity contribution in [2.45, 2.75) is 0 Å². The molecule has 3 aromatic rings. The summed E-state index contributed by atoms with van der Waals surface area (Å²) in [7, 11) is 0. The van der Waals surface area contributed by atoms with E-state index in [1.807, 2.05) is 23.3 Å². The zero-order valence-corrected chi connectivity index (χ0v) is 12.0. The molecule has 0 radical (unpaired) electrons. The van der Waals surface area contributed by atoms with Gasteiger partial charge in [0.15, 0.2) is 0 Å². The minimum atomic E-state index is -0.824. The van der Waals surface area contributed by atoms with Crippen molar-refractivity contribution in [3.63, 3.8) is 0 Å². The maximum Gasteiger partial charge on any atom is 0.454 e. The molecule has 1 heterocycles. The number of amides is 1. The summed E-state index contributed by atoms with van der Waals surface area (Å²) < 4.78 is 0. The van der Waals surface area contributed by atoms with Gasteiger partial charge < -0.3 is 15.2 Å². The van der Waals surface area contributed by atoms with Crippen molar-refractivity contribution in [3.05, 3.63) is 57.9 Å². The van der Waals surface area contributed by atoms with Crippen LogP contribution in [-0.4, -0.2) is 37.3 Å². The first kappa shape index (κ1) is 15.1. The summed E-state index contributed by atoms with van der Waals surface area (Å²) in [4.78, 5) is 24.8. The molecule has 2 aromatic carbocycles. The van der Waals surface area contributed by atoms with Gasteiger partial charge in [0, 0.05) is 5.56 Å². The average molecular weight is 326 g/mol. The number of nitro groups is 1. The number of rotatable bonds is 4. The molecular formula is C14H10N6O4. The zero-order valence-electron chi connectivity index (χ0n) is 12.0. The number of H-pyrrole nitrogens is 1. The molecular weight excluding hydrogens is 316 g/mol. The molecule has 3 rings (SSSR count). The van der Waals surface area contributed by atoms with Crippen LogP contribution in [0.2, 0.25) is 0 Å². The molecule has 0 unspecified atom stereocenters. The van der Waals surface area contributed by atoms with E-state index in [0.29, 0.717) is 5.56 Å². The Kier molecular flexibility index (Phi) is 3.85. The number of phenolic OH excluding ortho intramolecular Hbond substituents is 1. The molecule has 0 saturated carbocycles. The Hall–Kier alpha value is -3.82. The third-order valence-electron chi connectivity index (χ3n) is 3.16. The van der Waals surface area contributed by atoms with Gasteiger partial charge in [0.05, 0.1) is 6.21 Å². The molecule has 1 amide bonds. The van der Waals surface area contributed by atoms with Crippen LogP contribution in [0.3, 0.4) is 0 Å². The number of nitrogens with zero attached hydrogens (tertiary/aromatic N) is 4. The van der Waals surface area contributed by atoms with Crippen molar-refractivity contribution in [2.75, 3.05) is 0 Å². The highest BCUT2D eigenvalue weighted by molar-refractivity contribution is 6.02. The molecule has 24 heavy (non-hydrogen) atoms. The Morgan fingerprint density at radius 2 is 2.12 bits per heavy atom. The van der Waals surface area contributed by atoms with Crippen LogP contribution in [0, 0.1) is 10.1 Å². The molecule has 120 valence electrons. The van der Waals surface area contributed by atoms with Crippen LogP contribution in [0.1, 0.15) is 16.2 Å². The highest BCUT2D eigenvalue weighted by Crippen LogP contribution is 2.25. The predicted molar refractivity (Wildman–Crippen MR) is 83.7 cm³/mol. The molecule has 10 nitrogen and oxygen atoms in total. The monoisotopic (exact) mass is 326 g/mol. The number of aromatic hydroxyl groups is 1. The Bertz CT molecular complexity index is 965. The second kappa shape index (κ2) is 6.12. The van der Waals surface area contributed by atoms with Gasteiger partial charge in [-0.1, -0.05) is 35.4 Å². The number of nitrogens with one attached hydrogen (secondary N) is 2. The standard InChI is InChI=1S/C14H10N6O4/c21-11-6-5-8-3-1-2-4-9(8)10(11)7-15-18-13(22)12-16-14(19-17-12)20(23)24/h1-7,21H,(H,18,22)(H,16,17,19)/b15-7-. The van der Waals surface area contributed by atoms with Gasteiger partial charge in [0.25, 0.3) is 0 Å². The average Bonchev–Trinajstić information content (AvgIpc) is 3.07. The fourth-order valence-corrected chi connectivity index (χ4v) is 2.06. The third kappa shape index (κ3) is 2.88. The first-order valence-electron chi connectivity index (χ1n) is 6.67. The van der Waals surface area contributed by atoms with E-state index in [1.54, 1.807) is 12.1 Å². The Balaban J connectivity index is 1.80. The van der Waals surface area contributed by atoms with E-state index in [-0.39, 0.29) is 5.75 Å². The maximum atomic E-state index is 11.8. The van der Waals surface area contributed by atoms with Crippen LogP contribution < -0.4 is 5.43 Å². The smallest absolute Gasteiger partial charge is 0.454 e. The SMILES string of the molecule is O=C(N/N=C\c1c(O)ccc2ccccc12)c1n[nH]c([N+](=O)[O-])n1. The number of fused-ring (bicyclic) bond motifs is 1. The van der Waals surface area contributed by atoms with Crippen molar-refractivity contribution in [3.8, 4) is 5.75 Å². The number of hydrogen-bond donors (Lipinski definition) is 3. The lowest BCUT2D eigenvalue weighted by atomic mass is 10.0. The molecule has 0 aliphatic carbocycles. The number of benzene rings is 2. The highest BCUT2D eigenvalue weighted by atomic mass is 16.6. The van der Waals surface area contributed by atoms with Crippen molar-refractivity contribution in [1.29, 1.82) is 0 Å². The number of carbonyl (C=O) groups excluding carboxylic acids is 1. The van der Waals surface area contributed by atoms with Gasteiger partial charge in [-0.3, -0.25) is 4.79 Å². The second-order valence-electron chi connectivity index (χ2n) is 4.66. The second-order valence-corrected chi connectivity index (χ2v) is 4.66. The Morgan fingerprint density at radius 3 is 2.88 bits per heavy atom. The van der Waals surface area contributed by atoms with E-state index in [2.05, 4.69) is 20.6 Å². The maximum absolute atomic E-state index is 11.8. The van der Waals surface area contributed by atoms with Crippen LogP contribution in [-0.2, 0) is 0 Å². The topological polar surface area (TPSA) is 146 Å². The van der Waals surface area contributed by atoms with Crippen molar-refractivity contribution in [2.24, 2.45) is 5.10 Å². The van der Waals surface area contributed by atoms with Crippen LogP contribution in [0.15, 0.2) is 41.5 Å². The molecule has 0 saturated heterocycles. The van der Waals surface area contributed by atoms with Crippen molar-refractivity contribution >= 4 is 28.8 Å². The van der Waals surface area contributed by atoms with Gasteiger partial charge in [-0.25, -0.2) is 5.43 Å². The number of aromatic nitrogens is 3. The number of hydrogen-bond acceptors (Lipinski definition) is 7. The molecule has 0 spiro atoms. The summed E-state index contributed by atoms with van der Waals surface area (Å²) in [6.45, 7) is 0. The highest BCUT2D eigenvalue weighted by Gasteiger charge is 2.20. The van der Waals surface area contributed by atoms with Crippen LogP contribution in [0.5, 0.6) is 5.75 Å². The summed E-state index contributed by atoms with van der Waals surface area (Å²) in [6, 6.07) is 10.6. The fourth-order valence-electron chi connectivity index (χ4n) is 2.06. The largest absolute Gasteiger partial charge is 0.507 e. The molecule has 0 aliphatic heterocycles. The zero-order chi connectivity index (χ0) is 17.1. The summed E-state index contributed by atoms with van der Waals surface area (Å²) in [5.41, 5.74) is 2.57. The Morgan fingerprint density at radius 1 is 1.33 bits per heavy atom. The van der Waals surface area contributed by atoms with Gasteiger partial charge in [-0.15, -0.1) is 5.10 Å². The molecule has 0 atom stereocenters. The molecule has 0 bridgehead atoms. The van der Waals surface area contributed by atoms with E-state index in [0.717, 1.165) is 10.8 Å². The minimum absolute atomic E-state index is 0.000214. The number of aromatic amines is 1. The first-order chi connectivity index (χ1) is 11.6. The molecule has 0 aliphatic rings. The lowest BCUT2D eigenvalue weighted by molar-refractivity contribution is -0.394. The lowest BCUT2D eigenvalue weighted by Crippen LogP contribution is -2.19. The minimum Gasteiger partial charge on any atom is -0.507 e.